The largest absolute Gasteiger partial charge is 0.494 e. The molecule has 3 aromatic rings. The summed E-state index contributed by atoms with van der Waals surface area (Å²) in [7, 11) is 0. The molecule has 0 unspecified atom stereocenters. The Morgan fingerprint density at radius 1 is 1.09 bits per heavy atom. The van der Waals surface area contributed by atoms with Gasteiger partial charge in [0, 0.05) is 33.7 Å². The molecule has 0 radical (unpaired) electrons. The van der Waals surface area contributed by atoms with E-state index in [0.717, 1.165) is 28.4 Å². The van der Waals surface area contributed by atoms with Crippen LogP contribution in [0.1, 0.15) is 23.9 Å². The first-order valence-corrected chi connectivity index (χ1v) is 10.9. The standard InChI is InChI=1S/C23H22Cl3N3O3/c1-4-31-19-7-5-18(6-8-19)29-14(2)9-16(15(29)3)12-27-28-22(30)13-32-21-11-17(24)10-20(25)23(21)26/h5-12H,4,13H2,1-3H3,(H,28,30)/b27-12+. The van der Waals surface area contributed by atoms with E-state index in [2.05, 4.69) is 15.1 Å². The third-order valence-corrected chi connectivity index (χ3v) is 5.59. The SMILES string of the molecule is CCOc1ccc(-n2c(C)cc(/C=N/NC(=O)COc3cc(Cl)cc(Cl)c3Cl)c2C)cc1. The lowest BCUT2D eigenvalue weighted by atomic mass is 10.2. The van der Waals surface area contributed by atoms with Gasteiger partial charge in [0.15, 0.2) is 6.61 Å². The van der Waals surface area contributed by atoms with E-state index in [9.17, 15) is 4.79 Å². The third-order valence-electron chi connectivity index (χ3n) is 4.59. The predicted molar refractivity (Wildman–Crippen MR) is 129 cm³/mol. The Balaban J connectivity index is 1.63. The summed E-state index contributed by atoms with van der Waals surface area (Å²) in [5.74, 6) is 0.600. The first kappa shape index (κ1) is 24.0. The molecule has 6 nitrogen and oxygen atoms in total. The number of rotatable bonds is 8. The number of amides is 1. The van der Waals surface area contributed by atoms with Gasteiger partial charge in [0.1, 0.15) is 16.5 Å². The monoisotopic (exact) mass is 493 g/mol. The number of aromatic nitrogens is 1. The number of aryl methyl sites for hydroxylation is 1. The van der Waals surface area contributed by atoms with E-state index in [1.54, 1.807) is 6.21 Å². The number of hydrazone groups is 1. The van der Waals surface area contributed by atoms with E-state index >= 15 is 0 Å². The second-order valence-corrected chi connectivity index (χ2v) is 8.09. The number of carbonyl (C=O) groups excluding carboxylic acids is 1. The molecule has 1 aromatic heterocycles. The van der Waals surface area contributed by atoms with Gasteiger partial charge in [0.2, 0.25) is 0 Å². The van der Waals surface area contributed by atoms with E-state index in [0.29, 0.717) is 11.6 Å². The molecule has 168 valence electrons. The number of carbonyl (C=O) groups is 1. The number of nitrogens with zero attached hydrogens (tertiary/aromatic N) is 2. The Hall–Kier alpha value is -2.67. The van der Waals surface area contributed by atoms with Crippen molar-refractivity contribution in [3.8, 4) is 17.2 Å². The van der Waals surface area contributed by atoms with Crippen molar-refractivity contribution in [2.24, 2.45) is 5.10 Å². The van der Waals surface area contributed by atoms with E-state index in [4.69, 9.17) is 44.3 Å². The molecule has 0 spiro atoms. The fourth-order valence-electron chi connectivity index (χ4n) is 3.16. The van der Waals surface area contributed by atoms with Gasteiger partial charge < -0.3 is 14.0 Å². The number of halogens is 3. The number of nitrogens with one attached hydrogen (secondary N) is 1. The Morgan fingerprint density at radius 3 is 2.50 bits per heavy atom. The number of benzene rings is 2. The molecule has 2 aromatic carbocycles. The van der Waals surface area contributed by atoms with Crippen molar-refractivity contribution < 1.29 is 14.3 Å². The summed E-state index contributed by atoms with van der Waals surface area (Å²) in [4.78, 5) is 12.1. The lowest BCUT2D eigenvalue weighted by Gasteiger charge is -2.11. The molecular formula is C23H22Cl3N3O3. The summed E-state index contributed by atoms with van der Waals surface area (Å²) in [5, 5.41) is 4.83. The van der Waals surface area contributed by atoms with Crippen LogP contribution in [-0.4, -0.2) is 29.9 Å². The van der Waals surface area contributed by atoms with Crippen LogP contribution in [0.2, 0.25) is 15.1 Å². The predicted octanol–water partition coefficient (Wildman–Crippen LogP) is 5.98. The smallest absolute Gasteiger partial charge is 0.277 e. The van der Waals surface area contributed by atoms with Crippen LogP contribution >= 0.6 is 34.8 Å². The van der Waals surface area contributed by atoms with Gasteiger partial charge in [-0.3, -0.25) is 4.79 Å². The van der Waals surface area contributed by atoms with Crippen LogP contribution in [0.15, 0.2) is 47.6 Å². The summed E-state index contributed by atoms with van der Waals surface area (Å²) < 4.78 is 13.0. The molecule has 0 fully saturated rings. The zero-order valence-corrected chi connectivity index (χ0v) is 20.1. The van der Waals surface area contributed by atoms with Crippen molar-refractivity contribution in [2.75, 3.05) is 13.2 Å². The summed E-state index contributed by atoms with van der Waals surface area (Å²) in [6.07, 6.45) is 1.59. The molecule has 0 aliphatic heterocycles. The minimum atomic E-state index is -0.450. The normalized spacial score (nSPS) is 11.1. The quantitative estimate of drug-likeness (QED) is 0.238. The highest BCUT2D eigenvalue weighted by atomic mass is 35.5. The molecule has 0 saturated heterocycles. The van der Waals surface area contributed by atoms with Crippen molar-refractivity contribution in [1.29, 1.82) is 0 Å². The molecule has 32 heavy (non-hydrogen) atoms. The van der Waals surface area contributed by atoms with E-state index in [-0.39, 0.29) is 22.4 Å². The highest BCUT2D eigenvalue weighted by Crippen LogP contribution is 2.35. The van der Waals surface area contributed by atoms with Gasteiger partial charge in [-0.05, 0) is 57.2 Å². The molecule has 0 aliphatic rings. The maximum atomic E-state index is 12.1. The minimum absolute atomic E-state index is 0.189. The molecular weight excluding hydrogens is 473 g/mol. The van der Waals surface area contributed by atoms with E-state index in [1.165, 1.54) is 12.1 Å². The van der Waals surface area contributed by atoms with Crippen LogP contribution in [0, 0.1) is 13.8 Å². The van der Waals surface area contributed by atoms with Crippen molar-refractivity contribution >= 4 is 46.9 Å². The molecule has 0 aliphatic carbocycles. The lowest BCUT2D eigenvalue weighted by molar-refractivity contribution is -0.123. The highest BCUT2D eigenvalue weighted by molar-refractivity contribution is 6.44. The highest BCUT2D eigenvalue weighted by Gasteiger charge is 2.12. The number of hydrogen-bond donors (Lipinski definition) is 1. The maximum absolute atomic E-state index is 12.1. The van der Waals surface area contributed by atoms with Crippen molar-refractivity contribution in [3.05, 3.63) is 74.5 Å². The van der Waals surface area contributed by atoms with Crippen LogP contribution < -0.4 is 14.9 Å². The van der Waals surface area contributed by atoms with Crippen LogP contribution in [0.5, 0.6) is 11.5 Å². The zero-order valence-electron chi connectivity index (χ0n) is 17.8. The van der Waals surface area contributed by atoms with Gasteiger partial charge >= 0.3 is 0 Å². The fourth-order valence-corrected chi connectivity index (χ4v) is 3.80. The summed E-state index contributed by atoms with van der Waals surface area (Å²) in [6.45, 7) is 6.28. The molecule has 1 N–H and O–H groups in total. The van der Waals surface area contributed by atoms with Gasteiger partial charge in [-0.15, -0.1) is 0 Å². The topological polar surface area (TPSA) is 64.8 Å². The second kappa shape index (κ2) is 10.8. The first-order chi connectivity index (χ1) is 15.3. The average molecular weight is 495 g/mol. The molecule has 0 atom stereocenters. The fraction of sp³-hybridized carbons (Fsp3) is 0.217. The van der Waals surface area contributed by atoms with Gasteiger partial charge in [-0.2, -0.15) is 5.10 Å². The zero-order chi connectivity index (χ0) is 23.3. The Kier molecular flexibility index (Phi) is 8.07. The lowest BCUT2D eigenvalue weighted by Crippen LogP contribution is -2.24. The molecule has 3 rings (SSSR count). The van der Waals surface area contributed by atoms with E-state index in [1.807, 2.05) is 51.1 Å². The van der Waals surface area contributed by atoms with Gasteiger partial charge in [-0.25, -0.2) is 5.43 Å². The van der Waals surface area contributed by atoms with Gasteiger partial charge in [-0.1, -0.05) is 34.8 Å². The molecule has 1 amide bonds. The maximum Gasteiger partial charge on any atom is 0.277 e. The molecule has 1 heterocycles. The third kappa shape index (κ3) is 5.76. The van der Waals surface area contributed by atoms with Crippen LogP contribution in [0.4, 0.5) is 0 Å². The van der Waals surface area contributed by atoms with Gasteiger partial charge in [0.25, 0.3) is 5.91 Å². The van der Waals surface area contributed by atoms with Crippen LogP contribution in [-0.2, 0) is 4.79 Å². The molecule has 9 heteroatoms. The minimum Gasteiger partial charge on any atom is -0.494 e. The summed E-state index contributed by atoms with van der Waals surface area (Å²) in [6, 6.07) is 12.8. The Morgan fingerprint density at radius 2 is 1.81 bits per heavy atom. The number of ether oxygens (including phenoxy) is 2. The Labute approximate surface area is 201 Å². The van der Waals surface area contributed by atoms with Crippen LogP contribution in [0.3, 0.4) is 0 Å². The molecule has 0 saturated carbocycles. The van der Waals surface area contributed by atoms with Crippen LogP contribution in [0.25, 0.3) is 5.69 Å². The average Bonchev–Trinajstić information content (AvgIpc) is 3.03. The van der Waals surface area contributed by atoms with Gasteiger partial charge in [0.05, 0.1) is 17.8 Å². The summed E-state index contributed by atoms with van der Waals surface area (Å²) >= 11 is 17.9. The summed E-state index contributed by atoms with van der Waals surface area (Å²) in [5.41, 5.74) is 6.35. The molecule has 0 bridgehead atoms. The van der Waals surface area contributed by atoms with Crippen molar-refractivity contribution in [1.82, 2.24) is 9.99 Å². The van der Waals surface area contributed by atoms with Crippen molar-refractivity contribution in [2.45, 2.75) is 20.8 Å². The Bertz CT molecular complexity index is 1140. The number of hydrogen-bond acceptors (Lipinski definition) is 4. The second-order valence-electron chi connectivity index (χ2n) is 6.87. The first-order valence-electron chi connectivity index (χ1n) is 9.81. The van der Waals surface area contributed by atoms with E-state index < -0.39 is 5.91 Å². The van der Waals surface area contributed by atoms with Crippen molar-refractivity contribution in [3.63, 3.8) is 0 Å².